The van der Waals surface area contributed by atoms with Crippen LogP contribution >= 0.6 is 0 Å². The number of hydrogen-bond acceptors (Lipinski definition) is 22. The molecule has 73 heavy (non-hydrogen) atoms. The Hall–Kier alpha value is -1.14. The molecule has 10 aliphatic rings. The van der Waals surface area contributed by atoms with Gasteiger partial charge in [0.25, 0.3) is 0 Å². The quantitative estimate of drug-likeness (QED) is 0.101. The van der Waals surface area contributed by atoms with Crippen LogP contribution in [0.25, 0.3) is 0 Å². The molecule has 22 heteroatoms. The molecule has 6 heterocycles. The average molecular weight is 1050 g/mol. The van der Waals surface area contributed by atoms with Crippen LogP contribution < -0.4 is 0 Å². The molecular weight excluding hydrogens is 965 g/mol. The predicted octanol–water partition coefficient (Wildman–Crippen LogP) is -1.82. The molecule has 0 amide bonds. The molecule has 10 rings (SSSR count). The Morgan fingerprint density at radius 2 is 1.19 bits per heavy atom. The molecule has 4 aliphatic carbocycles. The fourth-order valence-corrected chi connectivity index (χ4v) is 15.6. The van der Waals surface area contributed by atoms with Gasteiger partial charge in [0.05, 0.1) is 49.8 Å². The van der Waals surface area contributed by atoms with Crippen LogP contribution in [0.3, 0.4) is 0 Å². The van der Waals surface area contributed by atoms with Gasteiger partial charge in [0.1, 0.15) is 85.5 Å². The van der Waals surface area contributed by atoms with Crippen LogP contribution in [0.5, 0.6) is 0 Å². The highest BCUT2D eigenvalue weighted by molar-refractivity contribution is 5.27. The highest BCUT2D eigenvalue weighted by atomic mass is 16.8. The Kier molecular flexibility index (Phi) is 15.5. The summed E-state index contributed by atoms with van der Waals surface area (Å²) >= 11 is 0. The molecule has 6 aliphatic heterocycles. The van der Waals surface area contributed by atoms with E-state index in [-0.39, 0.29) is 41.5 Å². The van der Waals surface area contributed by atoms with Crippen molar-refractivity contribution in [1.82, 2.24) is 0 Å². The molecule has 0 unspecified atom stereocenters. The molecule has 418 valence electrons. The van der Waals surface area contributed by atoms with Crippen molar-refractivity contribution in [2.45, 2.75) is 246 Å². The lowest BCUT2D eigenvalue weighted by Gasteiger charge is -2.58. The molecule has 12 N–H and O–H groups in total. The first-order valence-corrected chi connectivity index (χ1v) is 26.8. The molecule has 9 fully saturated rings. The fraction of sp³-hybridized carbons (Fsp3) is 0.961. The molecule has 0 aromatic carbocycles. The highest BCUT2D eigenvalue weighted by Gasteiger charge is 2.70. The SMILES string of the molecule is C[C@@H]1O[C@H](O[C@@H]2[C@@H](O[C@H]3[C@H](O)[C@@H](O)[C@H](O[C@H]4CC[C@@]5(C)C(=CC[C@@H]6[C@H]7C[C@H]8O[C@]9(CC[C@](C)(CO[C@H]%10O[C@@H](CO)[C@H](O)[C@@H](O)[C@@H]%10O)O9)[C@H](C)[C@@H]8[C@@]7(C)CC[C@H]65)C4)O[C@@H]3CO)O[C@@H](C)[C@H](O)[C@H]2O)[C@@H](O)[C@H](O)[C@H]1O. The van der Waals surface area contributed by atoms with Gasteiger partial charge in [-0.05, 0) is 107 Å². The summed E-state index contributed by atoms with van der Waals surface area (Å²) < 4.78 is 61.5. The van der Waals surface area contributed by atoms with E-state index >= 15 is 0 Å². The number of aliphatic hydroxyl groups excluding tert-OH is 12. The van der Waals surface area contributed by atoms with Crippen LogP contribution in [-0.2, 0) is 47.4 Å². The maximum absolute atomic E-state index is 11.6. The summed E-state index contributed by atoms with van der Waals surface area (Å²) in [7, 11) is 0. The van der Waals surface area contributed by atoms with E-state index in [1.165, 1.54) is 19.4 Å². The Balaban J connectivity index is 0.756. The Labute approximate surface area is 425 Å². The third-order valence-corrected chi connectivity index (χ3v) is 19.9. The van der Waals surface area contributed by atoms with Gasteiger partial charge in [-0.3, -0.25) is 0 Å². The van der Waals surface area contributed by atoms with Gasteiger partial charge < -0.3 is 109 Å². The Morgan fingerprint density at radius 1 is 0.589 bits per heavy atom. The van der Waals surface area contributed by atoms with Crippen LogP contribution in [0.4, 0.5) is 0 Å². The fourth-order valence-electron chi connectivity index (χ4n) is 15.6. The van der Waals surface area contributed by atoms with Crippen molar-refractivity contribution in [2.75, 3.05) is 19.8 Å². The summed E-state index contributed by atoms with van der Waals surface area (Å²) in [5.41, 5.74) is 0.500. The van der Waals surface area contributed by atoms with E-state index in [2.05, 4.69) is 26.8 Å². The number of fused-ring (bicyclic) bond motifs is 7. The molecule has 31 atom stereocenters. The van der Waals surface area contributed by atoms with Crippen molar-refractivity contribution >= 4 is 0 Å². The maximum atomic E-state index is 11.6. The minimum atomic E-state index is -1.76. The zero-order chi connectivity index (χ0) is 52.4. The number of ether oxygens (including phenoxy) is 10. The summed E-state index contributed by atoms with van der Waals surface area (Å²) in [6.07, 6.45) is -19.5. The topological polar surface area (TPSA) is 335 Å². The first-order chi connectivity index (χ1) is 34.5. The van der Waals surface area contributed by atoms with Gasteiger partial charge in [-0.25, -0.2) is 0 Å². The Bertz CT molecular complexity index is 1970. The van der Waals surface area contributed by atoms with Crippen LogP contribution in [0.1, 0.15) is 99.3 Å². The summed E-state index contributed by atoms with van der Waals surface area (Å²) in [6, 6.07) is 0. The van der Waals surface area contributed by atoms with Crippen molar-refractivity contribution in [2.24, 2.45) is 40.4 Å². The van der Waals surface area contributed by atoms with Crippen molar-refractivity contribution in [3.05, 3.63) is 11.6 Å². The van der Waals surface area contributed by atoms with Crippen LogP contribution in [0, 0.1) is 40.4 Å². The number of rotatable bonds is 11. The van der Waals surface area contributed by atoms with E-state index in [0.717, 1.165) is 32.1 Å². The molecule has 22 nitrogen and oxygen atoms in total. The predicted molar refractivity (Wildman–Crippen MR) is 247 cm³/mol. The molecular formula is C51H82O22. The second-order valence-electron chi connectivity index (χ2n) is 24.2. The summed E-state index contributed by atoms with van der Waals surface area (Å²) in [5, 5.41) is 127. The lowest BCUT2D eigenvalue weighted by atomic mass is 9.47. The van der Waals surface area contributed by atoms with Crippen molar-refractivity contribution in [1.29, 1.82) is 0 Å². The molecule has 0 aromatic heterocycles. The zero-order valence-corrected chi connectivity index (χ0v) is 42.6. The van der Waals surface area contributed by atoms with Crippen LogP contribution in [0.15, 0.2) is 11.6 Å². The van der Waals surface area contributed by atoms with Gasteiger partial charge >= 0.3 is 0 Å². The van der Waals surface area contributed by atoms with Crippen LogP contribution in [0.2, 0.25) is 0 Å². The van der Waals surface area contributed by atoms with Gasteiger partial charge in [0.2, 0.25) is 0 Å². The molecule has 0 bridgehead atoms. The number of allylic oxidation sites excluding steroid dienone is 1. The van der Waals surface area contributed by atoms with E-state index in [1.807, 2.05) is 6.92 Å². The first-order valence-electron chi connectivity index (χ1n) is 26.8. The summed E-state index contributed by atoms with van der Waals surface area (Å²) in [5.74, 6) is 0.936. The number of hydrogen-bond donors (Lipinski definition) is 12. The lowest BCUT2D eigenvalue weighted by molar-refractivity contribution is -0.386. The van der Waals surface area contributed by atoms with Crippen molar-refractivity contribution in [3.8, 4) is 0 Å². The van der Waals surface area contributed by atoms with E-state index in [1.54, 1.807) is 0 Å². The summed E-state index contributed by atoms with van der Waals surface area (Å²) in [6.45, 7) is 10.8. The second-order valence-corrected chi connectivity index (χ2v) is 24.2. The zero-order valence-electron chi connectivity index (χ0n) is 42.6. The summed E-state index contributed by atoms with van der Waals surface area (Å²) in [4.78, 5) is 0. The van der Waals surface area contributed by atoms with Crippen molar-refractivity contribution in [3.63, 3.8) is 0 Å². The molecule has 0 radical (unpaired) electrons. The van der Waals surface area contributed by atoms with Gasteiger partial charge in [-0.15, -0.1) is 0 Å². The minimum absolute atomic E-state index is 0.0257. The monoisotopic (exact) mass is 1050 g/mol. The van der Waals surface area contributed by atoms with Gasteiger partial charge in [0, 0.05) is 12.3 Å². The van der Waals surface area contributed by atoms with E-state index in [4.69, 9.17) is 47.4 Å². The maximum Gasteiger partial charge on any atom is 0.187 e. The number of aliphatic hydroxyl groups is 12. The normalized spacial score (nSPS) is 58.0. The third-order valence-electron chi connectivity index (χ3n) is 19.9. The molecule has 3 saturated carbocycles. The second kappa shape index (κ2) is 20.5. The van der Waals surface area contributed by atoms with Gasteiger partial charge in [0.15, 0.2) is 30.9 Å². The largest absolute Gasteiger partial charge is 0.394 e. The van der Waals surface area contributed by atoms with Gasteiger partial charge in [-0.2, -0.15) is 0 Å². The Morgan fingerprint density at radius 3 is 1.90 bits per heavy atom. The standard InChI is InChI=1S/C51H82O22/c1-20-31-28(72-51(20)14-13-48(4,73-51)19-64-44-39(61)36(58)34(56)29(17-52)68-44)16-27-25-8-7-23-15-24(9-11-49(23,5)26(25)10-12-50(27,31)6)67-46-41(63)38(60)42(30(18-53)69-46)70-47-43(37(59)33(55)22(3)66-47)71-45-40(62)35(57)32(54)21(2)65-45/h7,20-22,24-47,52-63H,8-19H2,1-6H3/t20-,21+,22+,24+,25+,26-,27-,28-,29+,30-,31+,32+,33+,34+,35-,36-,37-,38-,39+,40+,41-,42-,43+,44+,45-,46-,47-,48-,49+,50+,51+/m1/s1. The van der Waals surface area contributed by atoms with E-state index in [9.17, 15) is 61.3 Å². The first kappa shape index (κ1) is 55.2. The van der Waals surface area contributed by atoms with Crippen LogP contribution in [-0.4, -0.2) is 228 Å². The molecule has 0 aromatic rings. The molecule has 1 spiro atoms. The minimum Gasteiger partial charge on any atom is -0.394 e. The molecule has 6 saturated heterocycles. The van der Waals surface area contributed by atoms with E-state index < -0.39 is 147 Å². The third kappa shape index (κ3) is 9.32. The smallest absolute Gasteiger partial charge is 0.187 e. The van der Waals surface area contributed by atoms with Crippen molar-refractivity contribution < 1.29 is 109 Å². The average Bonchev–Trinajstić information content (AvgIpc) is 3.97. The van der Waals surface area contributed by atoms with Gasteiger partial charge in [-0.1, -0.05) is 32.4 Å². The highest BCUT2D eigenvalue weighted by Crippen LogP contribution is 2.71. The van der Waals surface area contributed by atoms with E-state index in [0.29, 0.717) is 43.4 Å². The lowest BCUT2D eigenvalue weighted by Crippen LogP contribution is -2.66.